The van der Waals surface area contributed by atoms with Gasteiger partial charge in [-0.1, -0.05) is 24.3 Å². The van der Waals surface area contributed by atoms with Crippen molar-refractivity contribution in [1.29, 1.82) is 15.8 Å². The molecule has 0 radical (unpaired) electrons. The molecule has 18 nitrogen and oxygen atoms in total. The van der Waals surface area contributed by atoms with E-state index in [-0.39, 0.29) is 26.0 Å². The van der Waals surface area contributed by atoms with Gasteiger partial charge >= 0.3 is 35.1 Å². The van der Waals surface area contributed by atoms with Gasteiger partial charge in [0.1, 0.15) is 17.1 Å². The average Bonchev–Trinajstić information content (AvgIpc) is 4.06. The third-order valence-corrected chi connectivity index (χ3v) is 11.4. The second-order valence-corrected chi connectivity index (χ2v) is 16.6. The summed E-state index contributed by atoms with van der Waals surface area (Å²) in [4.78, 5) is 47.8. The van der Waals surface area contributed by atoms with E-state index in [1.807, 2.05) is 78.9 Å². The van der Waals surface area contributed by atoms with Gasteiger partial charge in [0.15, 0.2) is 11.6 Å². The maximum Gasteiger partial charge on any atom is 2.00 e. The van der Waals surface area contributed by atoms with Crippen LogP contribution in [0.4, 0.5) is 25.1 Å². The van der Waals surface area contributed by atoms with E-state index in [1.54, 1.807) is 66.6 Å². The van der Waals surface area contributed by atoms with Crippen molar-refractivity contribution >= 4 is 46.3 Å². The largest absolute Gasteiger partial charge is 2.00 e. The van der Waals surface area contributed by atoms with Crippen LogP contribution in [0.3, 0.4) is 0 Å². The van der Waals surface area contributed by atoms with Crippen LogP contribution in [0.1, 0.15) is 50.3 Å². The van der Waals surface area contributed by atoms with Crippen molar-refractivity contribution in [3.63, 3.8) is 0 Å². The van der Waals surface area contributed by atoms with Crippen molar-refractivity contribution in [3.8, 4) is 34.9 Å². The van der Waals surface area contributed by atoms with Gasteiger partial charge in [-0.05, 0) is 118 Å². The topological polar surface area (TPSA) is 250 Å². The molecule has 73 heavy (non-hydrogen) atoms. The Morgan fingerprint density at radius 2 is 0.986 bits per heavy atom. The molecule has 0 bridgehead atoms. The number of hydrogen-bond acceptors (Lipinski definition) is 18. The SMILES string of the molecule is N#Cc1ccc2c(c1)CN(c1nccc(-c3nccc(/C=C/c4ccncc4)n3)n1)C2.O=S(=O)(Oc1ccc2c(c1)CN(c1nccc(-c3nccc(/C=C/c4ccncc4)n3)n1)C2)C(F)(F)F.[C-]#N.[C-]#N.[Zn+2]. The fourth-order valence-corrected chi connectivity index (χ4v) is 7.54. The second kappa shape index (κ2) is 24.6. The third kappa shape index (κ3) is 13.6. The standard InChI is InChI=1S/C24H17F3N6O3S.C24H17N7.2CN.Zn/c25-24(26,27)37(34,35)36-20-4-2-17-14-33(15-18(17)13-20)23-30-12-8-21(32-23)22-29-11-7-19(31-22)3-1-16-5-9-28-10-6-16;25-14-18-1-3-19-15-31(16-20(19)13-18)24-28-12-8-22(30-24)23-27-11-7-21(29-23)4-2-17-5-9-26-10-6-17;2*1-2;/h1-13H,14-15H2;1-13H,15-16H2;;;/q;;2*-1;+2/b3-1+;4-2+;;;. The third-order valence-electron chi connectivity index (χ3n) is 10.4. The smallest absolute Gasteiger partial charge is 0.512 e. The number of anilines is 2. The van der Waals surface area contributed by atoms with Crippen molar-refractivity contribution in [2.24, 2.45) is 0 Å². The Hall–Kier alpha value is -9.23. The summed E-state index contributed by atoms with van der Waals surface area (Å²) in [6.45, 7) is 11.5. The van der Waals surface area contributed by atoms with E-state index in [0.717, 1.165) is 27.9 Å². The Morgan fingerprint density at radius 3 is 1.45 bits per heavy atom. The molecule has 0 spiro atoms. The van der Waals surface area contributed by atoms with Crippen LogP contribution in [0.2, 0.25) is 0 Å². The number of nitriles is 1. The molecule has 0 saturated heterocycles. The van der Waals surface area contributed by atoms with E-state index in [2.05, 4.69) is 60.0 Å². The van der Waals surface area contributed by atoms with Gasteiger partial charge in [0.05, 0.1) is 23.0 Å². The van der Waals surface area contributed by atoms with Gasteiger partial charge in [-0.25, -0.2) is 39.9 Å². The number of halogens is 3. The fourth-order valence-electron chi connectivity index (χ4n) is 7.08. The Morgan fingerprint density at radius 1 is 0.548 bits per heavy atom. The van der Waals surface area contributed by atoms with Crippen molar-refractivity contribution in [2.45, 2.75) is 31.7 Å². The average molecular weight is 1050 g/mol. The number of hydrogen-bond donors (Lipinski definition) is 0. The van der Waals surface area contributed by atoms with E-state index >= 15 is 0 Å². The number of nitrogens with zero attached hydrogens (tertiary/aromatic N) is 15. The van der Waals surface area contributed by atoms with Crippen LogP contribution in [0, 0.1) is 35.0 Å². The van der Waals surface area contributed by atoms with Crippen molar-refractivity contribution in [3.05, 3.63) is 198 Å². The summed E-state index contributed by atoms with van der Waals surface area (Å²) in [5.41, 5.74) is 3.49. The molecule has 0 unspecified atom stereocenters. The van der Waals surface area contributed by atoms with Gasteiger partial charge < -0.3 is 37.7 Å². The molecule has 2 aliphatic rings. The first-order valence-corrected chi connectivity index (χ1v) is 22.5. The van der Waals surface area contributed by atoms with E-state index in [9.17, 15) is 21.6 Å². The molecule has 23 heteroatoms. The fraction of sp³-hybridized carbons (Fsp3) is 0.100. The van der Waals surface area contributed by atoms with Crippen molar-refractivity contribution in [2.75, 3.05) is 9.80 Å². The predicted octanol–water partition coefficient (Wildman–Crippen LogP) is 8.33. The van der Waals surface area contributed by atoms with Gasteiger partial charge in [0, 0.05) is 75.8 Å². The normalized spacial score (nSPS) is 12.4. The Labute approximate surface area is 429 Å². The van der Waals surface area contributed by atoms with Crippen LogP contribution >= 0.6 is 0 Å². The van der Waals surface area contributed by atoms with Crippen LogP contribution < -0.4 is 14.0 Å². The number of fused-ring (bicyclic) bond motifs is 2. The zero-order chi connectivity index (χ0) is 51.1. The Balaban J connectivity index is 0.000000223. The molecule has 0 saturated carbocycles. The molecule has 10 rings (SSSR count). The zero-order valence-electron chi connectivity index (χ0n) is 38.0. The number of rotatable bonds is 10. The first-order chi connectivity index (χ1) is 35.0. The molecule has 0 aliphatic carbocycles. The molecule has 8 aromatic rings. The van der Waals surface area contributed by atoms with Crippen molar-refractivity contribution in [1.82, 2.24) is 49.8 Å². The molecular weight excluding hydrogens is 1010 g/mol. The monoisotopic (exact) mass is 1050 g/mol. The van der Waals surface area contributed by atoms with Crippen LogP contribution in [0.25, 0.3) is 47.3 Å². The van der Waals surface area contributed by atoms with E-state index in [4.69, 9.17) is 33.9 Å². The minimum atomic E-state index is -5.75. The molecule has 6 aromatic heterocycles. The number of aromatic nitrogens is 10. The molecule has 2 aromatic carbocycles. The maximum absolute atomic E-state index is 12.6. The molecule has 0 amide bonds. The summed E-state index contributed by atoms with van der Waals surface area (Å²) in [5.74, 6) is 1.50. The summed E-state index contributed by atoms with van der Waals surface area (Å²) in [7, 11) is -5.75. The summed E-state index contributed by atoms with van der Waals surface area (Å²) in [6.07, 6.45) is 21.2. The molecule has 0 atom stereocenters. The molecule has 0 fully saturated rings. The molecule has 356 valence electrons. The zero-order valence-corrected chi connectivity index (χ0v) is 41.8. The number of benzene rings is 2. The molecule has 0 N–H and O–H groups in total. The molecule has 2 aliphatic heterocycles. The Kier molecular flexibility index (Phi) is 17.9. The van der Waals surface area contributed by atoms with Gasteiger partial charge in [0.2, 0.25) is 11.9 Å². The summed E-state index contributed by atoms with van der Waals surface area (Å²) in [6, 6.07) is 26.6. The summed E-state index contributed by atoms with van der Waals surface area (Å²) in [5, 5.41) is 21.6. The second-order valence-electron chi connectivity index (χ2n) is 15.0. The van der Waals surface area contributed by atoms with E-state index < -0.39 is 21.4 Å². The van der Waals surface area contributed by atoms with Gasteiger partial charge in [-0.3, -0.25) is 9.97 Å². The van der Waals surface area contributed by atoms with Crippen LogP contribution in [-0.4, -0.2) is 63.8 Å². The first kappa shape index (κ1) is 53.1. The van der Waals surface area contributed by atoms with Crippen LogP contribution in [0.5, 0.6) is 5.75 Å². The quantitative estimate of drug-likeness (QED) is 0.0540. The van der Waals surface area contributed by atoms with Crippen LogP contribution in [0.15, 0.2) is 135 Å². The van der Waals surface area contributed by atoms with Crippen LogP contribution in [-0.2, 0) is 55.8 Å². The van der Waals surface area contributed by atoms with Crippen molar-refractivity contribution < 1.29 is 45.3 Å². The van der Waals surface area contributed by atoms with E-state index in [0.29, 0.717) is 71.4 Å². The van der Waals surface area contributed by atoms with Gasteiger partial charge in [-0.2, -0.15) is 26.9 Å². The van der Waals surface area contributed by atoms with Gasteiger partial charge in [-0.15, -0.1) is 0 Å². The first-order valence-electron chi connectivity index (χ1n) is 21.0. The number of alkyl halides is 3. The minimum Gasteiger partial charge on any atom is -0.512 e. The number of pyridine rings is 2. The molecule has 8 heterocycles. The summed E-state index contributed by atoms with van der Waals surface area (Å²) < 4.78 is 64.8. The Bertz CT molecular complexity index is 3450. The van der Waals surface area contributed by atoms with Gasteiger partial charge in [0.25, 0.3) is 0 Å². The maximum atomic E-state index is 12.6. The van der Waals surface area contributed by atoms with E-state index in [1.165, 1.54) is 23.8 Å². The molecular formula is C50H34F3N15O3SZn. The minimum absolute atomic E-state index is 0. The summed E-state index contributed by atoms with van der Waals surface area (Å²) >= 11 is 0. The predicted molar refractivity (Wildman–Crippen MR) is 255 cm³/mol.